The van der Waals surface area contributed by atoms with Crippen molar-refractivity contribution in [1.82, 2.24) is 0 Å². The molecule has 6 heteroatoms. The minimum absolute atomic E-state index is 0.0798. The second kappa shape index (κ2) is 7.56. The van der Waals surface area contributed by atoms with E-state index in [0.29, 0.717) is 5.75 Å². The molecule has 0 aromatic heterocycles. The first kappa shape index (κ1) is 16.0. The number of anilines is 1. The van der Waals surface area contributed by atoms with Crippen molar-refractivity contribution >= 4 is 28.3 Å². The summed E-state index contributed by atoms with van der Waals surface area (Å²) in [6.07, 6.45) is -0.740. The molecule has 112 valence electrons. The molecular formula is C15H14F2INO2. The maximum Gasteiger partial charge on any atom is 0.124 e. The molecule has 2 aromatic carbocycles. The van der Waals surface area contributed by atoms with Gasteiger partial charge in [0, 0.05) is 15.8 Å². The van der Waals surface area contributed by atoms with Gasteiger partial charge in [0.2, 0.25) is 0 Å². The summed E-state index contributed by atoms with van der Waals surface area (Å²) in [6.45, 7) is 0.346. The molecule has 0 radical (unpaired) electrons. The van der Waals surface area contributed by atoms with Crippen LogP contribution in [0.1, 0.15) is 0 Å². The Morgan fingerprint density at radius 3 is 2.43 bits per heavy atom. The number of hydrogen-bond acceptors (Lipinski definition) is 3. The Morgan fingerprint density at radius 1 is 1.10 bits per heavy atom. The number of halogens is 3. The van der Waals surface area contributed by atoms with Crippen LogP contribution in [0.3, 0.4) is 0 Å². The van der Waals surface area contributed by atoms with E-state index in [9.17, 15) is 13.9 Å². The Labute approximate surface area is 135 Å². The molecule has 0 aliphatic heterocycles. The van der Waals surface area contributed by atoms with Gasteiger partial charge in [-0.25, -0.2) is 8.78 Å². The lowest BCUT2D eigenvalue weighted by molar-refractivity contribution is 0.117. The van der Waals surface area contributed by atoms with E-state index in [2.05, 4.69) is 5.32 Å². The van der Waals surface area contributed by atoms with E-state index in [0.717, 1.165) is 9.26 Å². The summed E-state index contributed by atoms with van der Waals surface area (Å²) in [5.74, 6) is -0.146. The van der Waals surface area contributed by atoms with E-state index in [1.807, 2.05) is 22.6 Å². The third-order valence-electron chi connectivity index (χ3n) is 2.72. The summed E-state index contributed by atoms with van der Waals surface area (Å²) in [5, 5.41) is 12.9. The zero-order valence-electron chi connectivity index (χ0n) is 11.0. The second-order valence-electron chi connectivity index (χ2n) is 4.42. The number of aliphatic hydroxyl groups is 1. The van der Waals surface area contributed by atoms with Crippen molar-refractivity contribution in [2.24, 2.45) is 0 Å². The van der Waals surface area contributed by atoms with Crippen LogP contribution >= 0.6 is 22.6 Å². The highest BCUT2D eigenvalue weighted by molar-refractivity contribution is 14.1. The predicted molar refractivity (Wildman–Crippen MR) is 85.5 cm³/mol. The van der Waals surface area contributed by atoms with Crippen LogP contribution in [-0.4, -0.2) is 24.4 Å². The second-order valence-corrected chi connectivity index (χ2v) is 5.59. The molecule has 1 atom stereocenters. The molecular weight excluding hydrogens is 391 g/mol. The van der Waals surface area contributed by atoms with E-state index in [-0.39, 0.29) is 24.8 Å². The van der Waals surface area contributed by atoms with Crippen LogP contribution in [0.5, 0.6) is 5.75 Å². The molecule has 0 fully saturated rings. The molecule has 2 aromatic rings. The van der Waals surface area contributed by atoms with Crippen LogP contribution in [-0.2, 0) is 0 Å². The van der Waals surface area contributed by atoms with Gasteiger partial charge in [-0.1, -0.05) is 0 Å². The highest BCUT2D eigenvalue weighted by Gasteiger charge is 2.07. The van der Waals surface area contributed by atoms with E-state index >= 15 is 0 Å². The molecule has 0 heterocycles. The summed E-state index contributed by atoms with van der Waals surface area (Å²) in [6, 6.07) is 9.96. The smallest absolute Gasteiger partial charge is 0.124 e. The highest BCUT2D eigenvalue weighted by atomic mass is 127. The van der Waals surface area contributed by atoms with Crippen LogP contribution in [0.2, 0.25) is 0 Å². The van der Waals surface area contributed by atoms with Gasteiger partial charge in [-0.2, -0.15) is 0 Å². The standard InChI is InChI=1S/C15H14F2INO2/c16-10-1-4-13(5-2-10)21-9-12(20)8-19-15-6-3-11(17)7-14(15)18/h1-7,12,19-20H,8-9H2. The van der Waals surface area contributed by atoms with Crippen LogP contribution < -0.4 is 10.1 Å². The number of aliphatic hydroxyl groups excluding tert-OH is 1. The Kier molecular flexibility index (Phi) is 5.75. The van der Waals surface area contributed by atoms with Gasteiger partial charge in [0.25, 0.3) is 0 Å². The average molecular weight is 405 g/mol. The first-order valence-electron chi connectivity index (χ1n) is 6.30. The van der Waals surface area contributed by atoms with Gasteiger partial charge in [0.15, 0.2) is 0 Å². The van der Waals surface area contributed by atoms with Crippen molar-refractivity contribution in [3.8, 4) is 5.75 Å². The van der Waals surface area contributed by atoms with Crippen LogP contribution in [0.15, 0.2) is 42.5 Å². The fourth-order valence-corrected chi connectivity index (χ4v) is 2.31. The first-order valence-corrected chi connectivity index (χ1v) is 7.38. The Balaban J connectivity index is 1.79. The zero-order valence-corrected chi connectivity index (χ0v) is 13.2. The molecule has 3 nitrogen and oxygen atoms in total. The highest BCUT2D eigenvalue weighted by Crippen LogP contribution is 2.19. The fraction of sp³-hybridized carbons (Fsp3) is 0.200. The third-order valence-corrected chi connectivity index (χ3v) is 3.61. The normalized spacial score (nSPS) is 12.0. The molecule has 21 heavy (non-hydrogen) atoms. The Bertz CT molecular complexity index is 593. The monoisotopic (exact) mass is 405 g/mol. The summed E-state index contributed by atoms with van der Waals surface area (Å²) in [5.41, 5.74) is 0.748. The molecule has 0 amide bonds. The Hall–Kier alpha value is -1.41. The van der Waals surface area contributed by atoms with Gasteiger partial charge in [-0.15, -0.1) is 0 Å². The SMILES string of the molecule is OC(CNc1ccc(F)cc1I)COc1ccc(F)cc1. The van der Waals surface area contributed by atoms with Gasteiger partial charge in [0.05, 0.1) is 0 Å². The minimum Gasteiger partial charge on any atom is -0.491 e. The van der Waals surface area contributed by atoms with Gasteiger partial charge in [0.1, 0.15) is 30.1 Å². The molecule has 2 rings (SSSR count). The van der Waals surface area contributed by atoms with E-state index in [4.69, 9.17) is 4.74 Å². The molecule has 0 aliphatic carbocycles. The summed E-state index contributed by atoms with van der Waals surface area (Å²) >= 11 is 2.02. The van der Waals surface area contributed by atoms with Crippen LogP contribution in [0.25, 0.3) is 0 Å². The van der Waals surface area contributed by atoms with Crippen molar-refractivity contribution in [2.45, 2.75) is 6.10 Å². The topological polar surface area (TPSA) is 41.5 Å². The summed E-state index contributed by atoms with van der Waals surface area (Å²) < 4.78 is 31.7. The molecule has 2 N–H and O–H groups in total. The largest absolute Gasteiger partial charge is 0.491 e. The molecule has 0 bridgehead atoms. The van der Waals surface area contributed by atoms with Crippen molar-refractivity contribution in [1.29, 1.82) is 0 Å². The lowest BCUT2D eigenvalue weighted by Gasteiger charge is -2.15. The van der Waals surface area contributed by atoms with Gasteiger partial charge in [-0.3, -0.25) is 0 Å². The molecule has 0 saturated carbocycles. The van der Waals surface area contributed by atoms with Crippen molar-refractivity contribution in [3.05, 3.63) is 57.7 Å². The average Bonchev–Trinajstić information content (AvgIpc) is 2.46. The lowest BCUT2D eigenvalue weighted by Crippen LogP contribution is -2.26. The van der Waals surface area contributed by atoms with E-state index in [1.165, 1.54) is 36.4 Å². The number of rotatable bonds is 6. The number of nitrogens with one attached hydrogen (secondary N) is 1. The van der Waals surface area contributed by atoms with Crippen molar-refractivity contribution in [2.75, 3.05) is 18.5 Å². The molecule has 0 aliphatic rings. The molecule has 1 unspecified atom stereocenters. The predicted octanol–water partition coefficient (Wildman–Crippen LogP) is 3.42. The lowest BCUT2D eigenvalue weighted by atomic mass is 10.3. The fourth-order valence-electron chi connectivity index (χ4n) is 1.64. The van der Waals surface area contributed by atoms with Gasteiger partial charge < -0.3 is 15.2 Å². The minimum atomic E-state index is -0.740. The third kappa shape index (κ3) is 5.13. The van der Waals surface area contributed by atoms with Gasteiger partial charge in [-0.05, 0) is 65.1 Å². The first-order chi connectivity index (χ1) is 10.0. The van der Waals surface area contributed by atoms with Crippen LogP contribution in [0, 0.1) is 15.2 Å². The number of ether oxygens (including phenoxy) is 1. The van der Waals surface area contributed by atoms with Crippen LogP contribution in [0.4, 0.5) is 14.5 Å². The zero-order chi connectivity index (χ0) is 15.2. The van der Waals surface area contributed by atoms with Crippen molar-refractivity contribution < 1.29 is 18.6 Å². The Morgan fingerprint density at radius 2 is 1.76 bits per heavy atom. The maximum atomic E-state index is 13.0. The molecule has 0 saturated heterocycles. The molecule has 0 spiro atoms. The van der Waals surface area contributed by atoms with E-state index in [1.54, 1.807) is 6.07 Å². The van der Waals surface area contributed by atoms with Crippen molar-refractivity contribution in [3.63, 3.8) is 0 Å². The summed E-state index contributed by atoms with van der Waals surface area (Å²) in [7, 11) is 0. The van der Waals surface area contributed by atoms with E-state index < -0.39 is 6.10 Å². The summed E-state index contributed by atoms with van der Waals surface area (Å²) in [4.78, 5) is 0. The van der Waals surface area contributed by atoms with Gasteiger partial charge >= 0.3 is 0 Å². The quantitative estimate of drug-likeness (QED) is 0.724. The number of benzene rings is 2. The maximum absolute atomic E-state index is 13.0. The number of hydrogen-bond donors (Lipinski definition) is 2.